The molecular weight excluding hydrogens is 342 g/mol. The van der Waals surface area contributed by atoms with Crippen LogP contribution in [0, 0.1) is 0 Å². The third-order valence-corrected chi connectivity index (χ3v) is 4.32. The van der Waals surface area contributed by atoms with Crippen molar-refractivity contribution >= 4 is 23.2 Å². The van der Waals surface area contributed by atoms with Crippen LogP contribution in [0.4, 0.5) is 0 Å². The van der Waals surface area contributed by atoms with Crippen molar-refractivity contribution in [1.29, 1.82) is 0 Å². The zero-order valence-corrected chi connectivity index (χ0v) is 15.1. The molecule has 6 nitrogen and oxygen atoms in total. The monoisotopic (exact) mass is 363 g/mol. The molecule has 1 heterocycles. The Bertz CT molecular complexity index is 699. The van der Waals surface area contributed by atoms with E-state index in [1.165, 1.54) is 11.3 Å². The van der Waals surface area contributed by atoms with Gasteiger partial charge in [-0.15, -0.1) is 11.3 Å². The molecule has 0 spiro atoms. The number of carbonyl (C=O) groups is 2. The average molecular weight is 363 g/mol. The van der Waals surface area contributed by atoms with E-state index in [0.717, 1.165) is 10.4 Å². The molecule has 0 unspecified atom stereocenters. The summed E-state index contributed by atoms with van der Waals surface area (Å²) >= 11 is 1.48. The minimum absolute atomic E-state index is 0.191. The van der Waals surface area contributed by atoms with Crippen molar-refractivity contribution in [2.45, 2.75) is 12.8 Å². The van der Waals surface area contributed by atoms with Gasteiger partial charge in [0.2, 0.25) is 0 Å². The number of hydrogen-bond acceptors (Lipinski definition) is 6. The number of rotatable bonds is 9. The van der Waals surface area contributed by atoms with Crippen LogP contribution in [0.5, 0.6) is 11.5 Å². The molecule has 0 fully saturated rings. The van der Waals surface area contributed by atoms with Gasteiger partial charge < -0.3 is 19.5 Å². The molecule has 1 aromatic heterocycles. The van der Waals surface area contributed by atoms with Gasteiger partial charge in [0.15, 0.2) is 18.1 Å². The fourth-order valence-corrected chi connectivity index (χ4v) is 2.88. The Kier molecular flexibility index (Phi) is 7.28. The van der Waals surface area contributed by atoms with E-state index in [1.807, 2.05) is 35.7 Å². The van der Waals surface area contributed by atoms with Crippen LogP contribution in [0.25, 0.3) is 0 Å². The highest BCUT2D eigenvalue weighted by atomic mass is 32.1. The molecule has 0 aliphatic carbocycles. The van der Waals surface area contributed by atoms with Gasteiger partial charge >= 0.3 is 5.97 Å². The third kappa shape index (κ3) is 6.11. The second-order valence-corrected chi connectivity index (χ2v) is 6.24. The van der Waals surface area contributed by atoms with Gasteiger partial charge in [0.05, 0.1) is 20.6 Å². The molecule has 2 aromatic rings. The number of carbonyl (C=O) groups excluding carboxylic acids is 2. The van der Waals surface area contributed by atoms with Gasteiger partial charge in [-0.05, 0) is 35.6 Å². The van der Waals surface area contributed by atoms with Gasteiger partial charge in [0.25, 0.3) is 5.91 Å². The summed E-state index contributed by atoms with van der Waals surface area (Å²) in [6.45, 7) is 0.174. The molecule has 25 heavy (non-hydrogen) atoms. The van der Waals surface area contributed by atoms with Gasteiger partial charge in [0.1, 0.15) is 0 Å². The largest absolute Gasteiger partial charge is 0.493 e. The quantitative estimate of drug-likeness (QED) is 0.692. The number of nitrogens with one attached hydrogen (secondary N) is 1. The number of benzene rings is 1. The van der Waals surface area contributed by atoms with Crippen LogP contribution in [-0.2, 0) is 27.2 Å². The molecule has 7 heteroatoms. The van der Waals surface area contributed by atoms with Crippen molar-refractivity contribution in [3.8, 4) is 11.5 Å². The Labute approximate surface area is 150 Å². The lowest BCUT2D eigenvalue weighted by atomic mass is 10.1. The molecule has 0 radical (unpaired) electrons. The van der Waals surface area contributed by atoms with Crippen LogP contribution in [0.1, 0.15) is 10.4 Å². The van der Waals surface area contributed by atoms with Crippen molar-refractivity contribution in [3.63, 3.8) is 0 Å². The van der Waals surface area contributed by atoms with Crippen molar-refractivity contribution in [2.24, 2.45) is 0 Å². The molecule has 0 bridgehead atoms. The summed E-state index contributed by atoms with van der Waals surface area (Å²) in [5.41, 5.74) is 1.01. The first-order chi connectivity index (χ1) is 12.1. The fraction of sp³-hybridized carbons (Fsp3) is 0.333. The number of methoxy groups -OCH3 is 2. The molecular formula is C18H21NO5S. The number of amides is 1. The van der Waals surface area contributed by atoms with Crippen molar-refractivity contribution < 1.29 is 23.8 Å². The standard InChI is InChI=1S/C18H21NO5S/c1-22-15-6-5-13(10-16(15)23-2)7-8-19-17(20)12-24-18(21)11-14-4-3-9-25-14/h3-6,9-10H,7-8,11-12H2,1-2H3,(H,19,20). The highest BCUT2D eigenvalue weighted by Crippen LogP contribution is 2.27. The maximum absolute atomic E-state index is 11.7. The summed E-state index contributed by atoms with van der Waals surface area (Å²) in [5, 5.41) is 4.62. The van der Waals surface area contributed by atoms with Crippen molar-refractivity contribution in [2.75, 3.05) is 27.4 Å². The molecule has 2 rings (SSSR count). The number of esters is 1. The first-order valence-electron chi connectivity index (χ1n) is 7.78. The molecule has 0 aliphatic rings. The van der Waals surface area contributed by atoms with Gasteiger partial charge in [-0.25, -0.2) is 0 Å². The summed E-state index contributed by atoms with van der Waals surface area (Å²) < 4.78 is 15.4. The molecule has 0 saturated heterocycles. The predicted octanol–water partition coefficient (Wildman–Crippen LogP) is 2.21. The Morgan fingerprint density at radius 2 is 1.92 bits per heavy atom. The lowest BCUT2D eigenvalue weighted by molar-refractivity contribution is -0.147. The van der Waals surface area contributed by atoms with E-state index >= 15 is 0 Å². The Morgan fingerprint density at radius 3 is 2.60 bits per heavy atom. The lowest BCUT2D eigenvalue weighted by Gasteiger charge is -2.10. The average Bonchev–Trinajstić information content (AvgIpc) is 3.12. The third-order valence-electron chi connectivity index (χ3n) is 3.45. The first kappa shape index (κ1) is 18.8. The van der Waals surface area contributed by atoms with E-state index in [4.69, 9.17) is 14.2 Å². The number of thiophene rings is 1. The first-order valence-corrected chi connectivity index (χ1v) is 8.66. The lowest BCUT2D eigenvalue weighted by Crippen LogP contribution is -2.30. The highest BCUT2D eigenvalue weighted by Gasteiger charge is 2.09. The summed E-state index contributed by atoms with van der Waals surface area (Å²) in [6, 6.07) is 9.33. The summed E-state index contributed by atoms with van der Waals surface area (Å²) in [6.07, 6.45) is 0.825. The van der Waals surface area contributed by atoms with E-state index in [1.54, 1.807) is 14.2 Å². The zero-order valence-electron chi connectivity index (χ0n) is 14.2. The van der Waals surface area contributed by atoms with Gasteiger partial charge in [-0.3, -0.25) is 9.59 Å². The Morgan fingerprint density at radius 1 is 1.12 bits per heavy atom. The molecule has 0 saturated carbocycles. The van der Waals surface area contributed by atoms with E-state index in [-0.39, 0.29) is 18.9 Å². The van der Waals surface area contributed by atoms with Crippen LogP contribution in [0.2, 0.25) is 0 Å². The van der Waals surface area contributed by atoms with Crippen LogP contribution in [-0.4, -0.2) is 39.2 Å². The van der Waals surface area contributed by atoms with Gasteiger partial charge in [-0.1, -0.05) is 12.1 Å². The van der Waals surface area contributed by atoms with E-state index in [2.05, 4.69) is 5.32 Å². The Hall–Kier alpha value is -2.54. The summed E-state index contributed by atoms with van der Waals surface area (Å²) in [5.74, 6) is 0.583. The van der Waals surface area contributed by atoms with Gasteiger partial charge in [0, 0.05) is 11.4 Å². The highest BCUT2D eigenvalue weighted by molar-refractivity contribution is 7.10. The van der Waals surface area contributed by atoms with Crippen molar-refractivity contribution in [1.82, 2.24) is 5.32 Å². The second-order valence-electron chi connectivity index (χ2n) is 5.21. The van der Waals surface area contributed by atoms with Crippen LogP contribution in [0.15, 0.2) is 35.7 Å². The van der Waals surface area contributed by atoms with Crippen molar-refractivity contribution in [3.05, 3.63) is 46.2 Å². The minimum Gasteiger partial charge on any atom is -0.493 e. The fourth-order valence-electron chi connectivity index (χ4n) is 2.19. The normalized spacial score (nSPS) is 10.2. The van der Waals surface area contributed by atoms with Crippen LogP contribution in [0.3, 0.4) is 0 Å². The molecule has 1 aromatic carbocycles. The minimum atomic E-state index is -0.405. The zero-order chi connectivity index (χ0) is 18.1. The topological polar surface area (TPSA) is 73.9 Å². The van der Waals surface area contributed by atoms with Gasteiger partial charge in [-0.2, -0.15) is 0 Å². The SMILES string of the molecule is COc1ccc(CCNC(=O)COC(=O)Cc2cccs2)cc1OC. The molecule has 0 atom stereocenters. The van der Waals surface area contributed by atoms with E-state index < -0.39 is 5.97 Å². The molecule has 1 N–H and O–H groups in total. The van der Waals surface area contributed by atoms with Crippen LogP contribution >= 0.6 is 11.3 Å². The Balaban J connectivity index is 1.69. The smallest absolute Gasteiger partial charge is 0.311 e. The summed E-state index contributed by atoms with van der Waals surface area (Å²) in [4.78, 5) is 24.3. The molecule has 1 amide bonds. The number of hydrogen-bond donors (Lipinski definition) is 1. The molecule has 0 aliphatic heterocycles. The van der Waals surface area contributed by atoms with E-state index in [9.17, 15) is 9.59 Å². The molecule has 134 valence electrons. The maximum atomic E-state index is 11.7. The van der Waals surface area contributed by atoms with E-state index in [0.29, 0.717) is 24.5 Å². The second kappa shape index (κ2) is 9.68. The predicted molar refractivity (Wildman–Crippen MR) is 95.2 cm³/mol. The summed E-state index contributed by atoms with van der Waals surface area (Å²) in [7, 11) is 3.16. The van der Waals surface area contributed by atoms with Crippen LogP contribution < -0.4 is 14.8 Å². The maximum Gasteiger partial charge on any atom is 0.311 e. The number of ether oxygens (including phenoxy) is 3.